The summed E-state index contributed by atoms with van der Waals surface area (Å²) in [5.41, 5.74) is -0.550. The second-order valence-electron chi connectivity index (χ2n) is 4.75. The van der Waals surface area contributed by atoms with Gasteiger partial charge in [-0.25, -0.2) is 0 Å². The molecule has 0 bridgehead atoms. The Bertz CT molecular complexity index is 343. The summed E-state index contributed by atoms with van der Waals surface area (Å²) in [5, 5.41) is 17.5. The molecule has 2 atom stereocenters. The average Bonchev–Trinajstić information content (AvgIpc) is 2.81. The predicted octanol–water partition coefficient (Wildman–Crippen LogP) is 1.88. The van der Waals surface area contributed by atoms with Crippen molar-refractivity contribution in [1.29, 1.82) is 5.41 Å². The Hall–Kier alpha value is -0.650. The van der Waals surface area contributed by atoms with Gasteiger partial charge in [0.05, 0.1) is 18.6 Å². The van der Waals surface area contributed by atoms with Crippen LogP contribution in [0.5, 0.6) is 0 Å². The second kappa shape index (κ2) is 7.07. The van der Waals surface area contributed by atoms with Crippen LogP contribution in [-0.4, -0.2) is 42.7 Å². The Morgan fingerprint density at radius 1 is 1.78 bits per heavy atom. The van der Waals surface area contributed by atoms with Crippen LogP contribution < -0.4 is 0 Å². The molecule has 0 fully saturated rings. The molecule has 1 heterocycles. The van der Waals surface area contributed by atoms with Crippen LogP contribution in [0.4, 0.5) is 0 Å². The van der Waals surface area contributed by atoms with E-state index in [0.29, 0.717) is 18.2 Å². The number of aliphatic hydroxyl groups is 1. The lowest BCUT2D eigenvalue weighted by Crippen LogP contribution is -2.35. The predicted molar refractivity (Wildman–Crippen MR) is 74.1 cm³/mol. The Labute approximate surface area is 112 Å². The lowest BCUT2D eigenvalue weighted by atomic mass is 9.85. The largest absolute Gasteiger partial charge is 0.395 e. The van der Waals surface area contributed by atoms with E-state index in [4.69, 9.17) is 10.1 Å². The van der Waals surface area contributed by atoms with Gasteiger partial charge in [-0.1, -0.05) is 13.0 Å². The van der Waals surface area contributed by atoms with Gasteiger partial charge >= 0.3 is 0 Å². The number of aliphatic hydroxyl groups excluding tert-OH is 1. The normalized spacial score (nSPS) is 22.4. The first-order valence-corrected chi connectivity index (χ1v) is 7.13. The van der Waals surface area contributed by atoms with Gasteiger partial charge in [0.15, 0.2) is 0 Å². The minimum atomic E-state index is -0.972. The maximum atomic E-state index is 11.2. The number of hydrogen-bond acceptors (Lipinski definition) is 5. The molecule has 0 aromatic carbocycles. The van der Waals surface area contributed by atoms with Crippen molar-refractivity contribution < 1.29 is 14.6 Å². The standard InChI is InChI=1S/C13H21NO3S/c1-3-17-9-13(7-15,8-16)5-11(14)12-4-10(2)6-18-12/h4,7,10,14,16H,3,5-6,8-9H2,1-2H3. The lowest BCUT2D eigenvalue weighted by Gasteiger charge is -2.25. The molecule has 4 nitrogen and oxygen atoms in total. The SMILES string of the molecule is CCOCC(C=O)(CO)CC(=N)C1=CC(C)CS1. The number of aldehydes is 1. The number of hydrogen-bond donors (Lipinski definition) is 2. The van der Waals surface area contributed by atoms with E-state index >= 15 is 0 Å². The van der Waals surface area contributed by atoms with Crippen LogP contribution in [0.3, 0.4) is 0 Å². The highest BCUT2D eigenvalue weighted by molar-refractivity contribution is 8.04. The summed E-state index contributed by atoms with van der Waals surface area (Å²) in [7, 11) is 0. The van der Waals surface area contributed by atoms with Gasteiger partial charge in [-0.2, -0.15) is 0 Å². The molecule has 2 N–H and O–H groups in total. The Morgan fingerprint density at radius 3 is 2.94 bits per heavy atom. The van der Waals surface area contributed by atoms with E-state index in [1.807, 2.05) is 6.92 Å². The molecule has 1 aliphatic heterocycles. The quantitative estimate of drug-likeness (QED) is 0.522. The van der Waals surface area contributed by atoms with Crippen LogP contribution >= 0.6 is 11.8 Å². The third-order valence-corrected chi connectivity index (χ3v) is 4.31. The van der Waals surface area contributed by atoms with Crippen molar-refractivity contribution in [3.63, 3.8) is 0 Å². The molecule has 102 valence electrons. The van der Waals surface area contributed by atoms with E-state index in [9.17, 15) is 9.90 Å². The number of carbonyl (C=O) groups is 1. The van der Waals surface area contributed by atoms with Gasteiger partial charge in [0.2, 0.25) is 0 Å². The summed E-state index contributed by atoms with van der Waals surface area (Å²) in [5.74, 6) is 1.45. The van der Waals surface area contributed by atoms with Gasteiger partial charge in [-0.3, -0.25) is 0 Å². The van der Waals surface area contributed by atoms with Crippen molar-refractivity contribution >= 4 is 23.8 Å². The van der Waals surface area contributed by atoms with Crippen LogP contribution in [0, 0.1) is 16.7 Å². The Kier molecular flexibility index (Phi) is 6.05. The zero-order valence-electron chi connectivity index (χ0n) is 10.9. The van der Waals surface area contributed by atoms with Gasteiger partial charge in [0.25, 0.3) is 0 Å². The number of ether oxygens (including phenoxy) is 1. The Balaban J connectivity index is 2.68. The molecule has 0 saturated carbocycles. The van der Waals surface area contributed by atoms with Gasteiger partial charge in [-0.15, -0.1) is 11.8 Å². The van der Waals surface area contributed by atoms with E-state index in [1.54, 1.807) is 11.8 Å². The number of nitrogens with one attached hydrogen (secondary N) is 1. The van der Waals surface area contributed by atoms with Crippen LogP contribution in [0.15, 0.2) is 11.0 Å². The van der Waals surface area contributed by atoms with Crippen LogP contribution in [0.25, 0.3) is 0 Å². The van der Waals surface area contributed by atoms with Crippen molar-refractivity contribution in [1.82, 2.24) is 0 Å². The van der Waals surface area contributed by atoms with Gasteiger partial charge < -0.3 is 20.0 Å². The minimum Gasteiger partial charge on any atom is -0.395 e. The number of rotatable bonds is 8. The van der Waals surface area contributed by atoms with Crippen molar-refractivity contribution in [3.05, 3.63) is 11.0 Å². The first kappa shape index (κ1) is 15.4. The zero-order chi connectivity index (χ0) is 13.6. The summed E-state index contributed by atoms with van der Waals surface area (Å²) in [6.07, 6.45) is 3.01. The highest BCUT2D eigenvalue weighted by atomic mass is 32.2. The molecule has 0 aliphatic carbocycles. The first-order chi connectivity index (χ1) is 8.56. The summed E-state index contributed by atoms with van der Waals surface area (Å²) >= 11 is 1.64. The molecule has 0 amide bonds. The third kappa shape index (κ3) is 3.93. The highest BCUT2D eigenvalue weighted by Crippen LogP contribution is 2.33. The maximum absolute atomic E-state index is 11.2. The molecule has 2 unspecified atom stereocenters. The van der Waals surface area contributed by atoms with Crippen molar-refractivity contribution in [2.45, 2.75) is 20.3 Å². The smallest absolute Gasteiger partial charge is 0.131 e. The summed E-state index contributed by atoms with van der Waals surface area (Å²) < 4.78 is 5.25. The van der Waals surface area contributed by atoms with Crippen LogP contribution in [0.2, 0.25) is 0 Å². The molecular formula is C13H21NO3S. The molecule has 0 spiro atoms. The van der Waals surface area contributed by atoms with Crippen LogP contribution in [0.1, 0.15) is 20.3 Å². The fraction of sp³-hybridized carbons (Fsp3) is 0.692. The molecule has 0 aromatic heterocycles. The van der Waals surface area contributed by atoms with Crippen molar-refractivity contribution in [3.8, 4) is 0 Å². The van der Waals surface area contributed by atoms with Crippen LogP contribution in [-0.2, 0) is 9.53 Å². The van der Waals surface area contributed by atoms with Gasteiger partial charge in [0, 0.05) is 29.4 Å². The van der Waals surface area contributed by atoms with E-state index in [-0.39, 0.29) is 19.6 Å². The molecule has 1 aliphatic rings. The monoisotopic (exact) mass is 271 g/mol. The first-order valence-electron chi connectivity index (χ1n) is 6.14. The molecule has 0 saturated heterocycles. The number of allylic oxidation sites excluding steroid dienone is 2. The number of carbonyl (C=O) groups excluding carboxylic acids is 1. The molecule has 5 heteroatoms. The maximum Gasteiger partial charge on any atom is 0.131 e. The lowest BCUT2D eigenvalue weighted by molar-refractivity contribution is -0.122. The molecule has 1 rings (SSSR count). The molecular weight excluding hydrogens is 250 g/mol. The summed E-state index contributed by atoms with van der Waals surface area (Å²) in [4.78, 5) is 12.1. The zero-order valence-corrected chi connectivity index (χ0v) is 11.8. The third-order valence-electron chi connectivity index (χ3n) is 2.92. The van der Waals surface area contributed by atoms with E-state index < -0.39 is 5.41 Å². The summed E-state index contributed by atoms with van der Waals surface area (Å²) in [6.45, 7) is 4.32. The summed E-state index contributed by atoms with van der Waals surface area (Å²) in [6, 6.07) is 0. The van der Waals surface area contributed by atoms with Crippen molar-refractivity contribution in [2.24, 2.45) is 11.3 Å². The second-order valence-corrected chi connectivity index (χ2v) is 5.81. The number of thioether (sulfide) groups is 1. The van der Waals surface area contributed by atoms with Gasteiger partial charge in [0.1, 0.15) is 6.29 Å². The molecule has 18 heavy (non-hydrogen) atoms. The molecule has 0 aromatic rings. The van der Waals surface area contributed by atoms with E-state index in [1.165, 1.54) is 0 Å². The van der Waals surface area contributed by atoms with Gasteiger partial charge in [-0.05, 0) is 12.8 Å². The van der Waals surface area contributed by atoms with Crippen molar-refractivity contribution in [2.75, 3.05) is 25.6 Å². The molecule has 0 radical (unpaired) electrons. The Morgan fingerprint density at radius 2 is 2.50 bits per heavy atom. The van der Waals surface area contributed by atoms with E-state index in [0.717, 1.165) is 16.9 Å². The fourth-order valence-electron chi connectivity index (χ4n) is 1.77. The minimum absolute atomic E-state index is 0.166. The fourth-order valence-corrected chi connectivity index (χ4v) is 2.89. The topological polar surface area (TPSA) is 70.4 Å². The van der Waals surface area contributed by atoms with E-state index in [2.05, 4.69) is 13.0 Å². The highest BCUT2D eigenvalue weighted by Gasteiger charge is 2.32. The average molecular weight is 271 g/mol.